The minimum Gasteiger partial charge on any atom is -0.481 e. The van der Waals surface area contributed by atoms with E-state index in [4.69, 9.17) is 15.3 Å². The first kappa shape index (κ1) is 26.7. The molecule has 0 spiro atoms. The van der Waals surface area contributed by atoms with Gasteiger partial charge in [0.25, 0.3) is 0 Å². The lowest BCUT2D eigenvalue weighted by Gasteiger charge is -2.25. The molecule has 1 aromatic carbocycles. The van der Waals surface area contributed by atoms with E-state index in [2.05, 4.69) is 21.3 Å². The first-order valence-electron chi connectivity index (χ1n) is 10.9. The Balaban J connectivity index is 2.17. The van der Waals surface area contributed by atoms with Gasteiger partial charge >= 0.3 is 11.9 Å². The molecule has 1 aromatic rings. The highest BCUT2D eigenvalue weighted by Gasteiger charge is 2.31. The van der Waals surface area contributed by atoms with Crippen molar-refractivity contribution >= 4 is 29.7 Å². The second kappa shape index (κ2) is 13.3. The van der Waals surface area contributed by atoms with E-state index in [1.807, 2.05) is 0 Å². The summed E-state index contributed by atoms with van der Waals surface area (Å²) in [6, 6.07) is 4.36. The van der Waals surface area contributed by atoms with Crippen LogP contribution in [0.5, 0.6) is 0 Å². The van der Waals surface area contributed by atoms with Crippen LogP contribution >= 0.6 is 0 Å². The Morgan fingerprint density at radius 3 is 2.15 bits per heavy atom. The lowest BCUT2D eigenvalue weighted by atomic mass is 10.0. The van der Waals surface area contributed by atoms with Crippen LogP contribution in [0.1, 0.15) is 31.2 Å². The summed E-state index contributed by atoms with van der Waals surface area (Å²) in [4.78, 5) is 60.5. The number of aliphatic hydroxyl groups is 1. The van der Waals surface area contributed by atoms with Crippen LogP contribution < -0.4 is 21.3 Å². The van der Waals surface area contributed by atoms with Crippen molar-refractivity contribution < 1.29 is 39.3 Å². The van der Waals surface area contributed by atoms with E-state index < -0.39 is 60.9 Å². The lowest BCUT2D eigenvalue weighted by Crippen LogP contribution is -2.58. The molecule has 0 aromatic heterocycles. The average molecular weight is 479 g/mol. The van der Waals surface area contributed by atoms with Crippen LogP contribution in [0.4, 0.5) is 0 Å². The third kappa shape index (κ3) is 8.45. The monoisotopic (exact) mass is 478 g/mol. The molecule has 2 rings (SSSR count). The highest BCUT2D eigenvalue weighted by molar-refractivity contribution is 5.94. The van der Waals surface area contributed by atoms with E-state index in [-0.39, 0.29) is 18.7 Å². The Hall–Kier alpha value is -3.51. The molecule has 0 saturated carbocycles. The van der Waals surface area contributed by atoms with Crippen molar-refractivity contribution in [3.05, 3.63) is 35.9 Å². The Morgan fingerprint density at radius 1 is 0.941 bits per heavy atom. The zero-order chi connectivity index (χ0) is 25.1. The molecule has 4 unspecified atom stereocenters. The van der Waals surface area contributed by atoms with E-state index >= 15 is 0 Å². The van der Waals surface area contributed by atoms with Crippen LogP contribution in [0.2, 0.25) is 0 Å². The molecule has 1 saturated heterocycles. The van der Waals surface area contributed by atoms with Gasteiger partial charge < -0.3 is 36.6 Å². The van der Waals surface area contributed by atoms with Gasteiger partial charge in [0.15, 0.2) is 0 Å². The van der Waals surface area contributed by atoms with Crippen LogP contribution in [-0.4, -0.2) is 82.3 Å². The van der Waals surface area contributed by atoms with Crippen molar-refractivity contribution in [1.29, 1.82) is 0 Å². The standard InChI is InChI=1S/C22H30N4O8/c27-12-17(22(33)34)26-20(31)15(8-9-18(28)29)24-21(32)16(11-13-5-2-1-3-6-13)25-19(30)14-7-4-10-23-14/h1-3,5-6,14-17,23,27H,4,7-12H2,(H,24,32)(H,25,30)(H,26,31)(H,28,29)(H,33,34). The van der Waals surface area contributed by atoms with Crippen molar-refractivity contribution in [2.45, 2.75) is 56.3 Å². The van der Waals surface area contributed by atoms with Crippen molar-refractivity contribution in [1.82, 2.24) is 21.3 Å². The molecule has 0 aliphatic carbocycles. The quantitative estimate of drug-likeness (QED) is 0.174. The summed E-state index contributed by atoms with van der Waals surface area (Å²) in [6.45, 7) is -0.206. The van der Waals surface area contributed by atoms with Crippen LogP contribution in [0, 0.1) is 0 Å². The minimum atomic E-state index is -1.62. The normalized spacial score (nSPS) is 17.7. The maximum atomic E-state index is 13.1. The fourth-order valence-electron chi connectivity index (χ4n) is 3.51. The lowest BCUT2D eigenvalue weighted by molar-refractivity contribution is -0.144. The smallest absolute Gasteiger partial charge is 0.328 e. The summed E-state index contributed by atoms with van der Waals surface area (Å²) >= 11 is 0. The van der Waals surface area contributed by atoms with Gasteiger partial charge in [0.05, 0.1) is 12.6 Å². The van der Waals surface area contributed by atoms with Crippen molar-refractivity contribution in [3.63, 3.8) is 0 Å². The summed E-state index contributed by atoms with van der Waals surface area (Å²) in [5.74, 6) is -4.76. The average Bonchev–Trinajstić information content (AvgIpc) is 3.35. The van der Waals surface area contributed by atoms with Gasteiger partial charge in [-0.15, -0.1) is 0 Å². The van der Waals surface area contributed by atoms with Crippen LogP contribution in [-0.2, 0) is 30.4 Å². The highest BCUT2D eigenvalue weighted by atomic mass is 16.4. The topological polar surface area (TPSA) is 194 Å². The molecule has 12 heteroatoms. The van der Waals surface area contributed by atoms with Gasteiger partial charge in [-0.25, -0.2) is 4.79 Å². The molecular weight excluding hydrogens is 448 g/mol. The Labute approximate surface area is 196 Å². The molecular formula is C22H30N4O8. The third-order valence-electron chi connectivity index (χ3n) is 5.37. The number of benzene rings is 1. The van der Waals surface area contributed by atoms with Crippen LogP contribution in [0.25, 0.3) is 0 Å². The van der Waals surface area contributed by atoms with E-state index in [1.54, 1.807) is 30.3 Å². The summed E-state index contributed by atoms with van der Waals surface area (Å²) in [5, 5.41) is 37.4. The molecule has 186 valence electrons. The molecule has 12 nitrogen and oxygen atoms in total. The largest absolute Gasteiger partial charge is 0.481 e. The van der Waals surface area contributed by atoms with Gasteiger partial charge in [0, 0.05) is 12.8 Å². The maximum absolute atomic E-state index is 13.1. The Bertz CT molecular complexity index is 873. The van der Waals surface area contributed by atoms with Gasteiger partial charge in [-0.1, -0.05) is 30.3 Å². The minimum absolute atomic E-state index is 0.118. The second-order valence-corrected chi connectivity index (χ2v) is 7.98. The zero-order valence-electron chi connectivity index (χ0n) is 18.5. The molecule has 34 heavy (non-hydrogen) atoms. The highest BCUT2D eigenvalue weighted by Crippen LogP contribution is 2.09. The zero-order valence-corrected chi connectivity index (χ0v) is 18.5. The van der Waals surface area contributed by atoms with E-state index in [0.717, 1.165) is 12.0 Å². The number of carbonyl (C=O) groups excluding carboxylic acids is 3. The molecule has 0 bridgehead atoms. The molecule has 3 amide bonds. The van der Waals surface area contributed by atoms with Crippen molar-refractivity contribution in [2.24, 2.45) is 0 Å². The summed E-state index contributed by atoms with van der Waals surface area (Å²) in [7, 11) is 0. The Morgan fingerprint density at radius 2 is 1.59 bits per heavy atom. The number of carboxylic acid groups (broad SMARTS) is 2. The van der Waals surface area contributed by atoms with Gasteiger partial charge in [-0.05, 0) is 31.4 Å². The number of hydrogen-bond acceptors (Lipinski definition) is 7. The number of aliphatic hydroxyl groups excluding tert-OH is 1. The van der Waals surface area contributed by atoms with E-state index in [9.17, 15) is 24.0 Å². The predicted molar refractivity (Wildman–Crippen MR) is 119 cm³/mol. The molecule has 0 radical (unpaired) electrons. The maximum Gasteiger partial charge on any atom is 0.328 e. The number of carbonyl (C=O) groups is 5. The molecule has 1 heterocycles. The summed E-state index contributed by atoms with van der Waals surface area (Å²) in [5.41, 5.74) is 0.750. The summed E-state index contributed by atoms with van der Waals surface area (Å²) < 4.78 is 0. The SMILES string of the molecule is O=C(O)CCC(NC(=O)C(Cc1ccccc1)NC(=O)C1CCCN1)C(=O)NC(CO)C(=O)O. The molecule has 1 aliphatic rings. The predicted octanol–water partition coefficient (Wildman–Crippen LogP) is -1.62. The fourth-order valence-corrected chi connectivity index (χ4v) is 3.51. The fraction of sp³-hybridized carbons (Fsp3) is 0.500. The van der Waals surface area contributed by atoms with E-state index in [0.29, 0.717) is 13.0 Å². The number of aliphatic carboxylic acids is 2. The van der Waals surface area contributed by atoms with Crippen molar-refractivity contribution in [3.8, 4) is 0 Å². The Kier molecular flexibility index (Phi) is 10.4. The van der Waals surface area contributed by atoms with Crippen LogP contribution in [0.15, 0.2) is 30.3 Å². The van der Waals surface area contributed by atoms with Gasteiger partial charge in [-0.3, -0.25) is 19.2 Å². The molecule has 7 N–H and O–H groups in total. The number of amides is 3. The van der Waals surface area contributed by atoms with E-state index in [1.165, 1.54) is 0 Å². The van der Waals surface area contributed by atoms with Crippen LogP contribution in [0.3, 0.4) is 0 Å². The number of nitrogens with one attached hydrogen (secondary N) is 4. The molecule has 4 atom stereocenters. The summed E-state index contributed by atoms with van der Waals surface area (Å²) in [6.07, 6.45) is 0.762. The number of hydrogen-bond donors (Lipinski definition) is 7. The molecule has 1 fully saturated rings. The van der Waals surface area contributed by atoms with Crippen molar-refractivity contribution in [2.75, 3.05) is 13.2 Å². The van der Waals surface area contributed by atoms with Gasteiger partial charge in [0.2, 0.25) is 17.7 Å². The third-order valence-corrected chi connectivity index (χ3v) is 5.37. The first-order chi connectivity index (χ1) is 16.2. The molecule has 1 aliphatic heterocycles. The number of carboxylic acids is 2. The second-order valence-electron chi connectivity index (χ2n) is 7.98. The number of rotatable bonds is 13. The van der Waals surface area contributed by atoms with Gasteiger partial charge in [0.1, 0.15) is 18.1 Å². The first-order valence-corrected chi connectivity index (χ1v) is 10.9. The van der Waals surface area contributed by atoms with Gasteiger partial charge in [-0.2, -0.15) is 0 Å².